The Kier molecular flexibility index (Phi) is 3.40. The topological polar surface area (TPSA) is 23.8 Å². The van der Waals surface area contributed by atoms with E-state index >= 15 is 0 Å². The fraction of sp³-hybridized carbons (Fsp3) is 0.667. The Morgan fingerprint density at radius 3 is 2.57 bits per heavy atom. The third-order valence-electron chi connectivity index (χ3n) is 1.00. The molecule has 7 heavy (non-hydrogen) atoms. The second-order valence-corrected chi connectivity index (χ2v) is 1.68. The highest BCUT2D eigenvalue weighted by Crippen LogP contribution is 2.01. The van der Waals surface area contributed by atoms with Crippen molar-refractivity contribution in [2.45, 2.75) is 20.3 Å². The molecule has 39 valence electrons. The molecular formula is C6H10N. The molecule has 0 bridgehead atoms. The summed E-state index contributed by atoms with van der Waals surface area (Å²) in [5.41, 5.74) is 0. The average Bonchev–Trinajstić information content (AvgIpc) is 1.68. The van der Waals surface area contributed by atoms with Gasteiger partial charge in [0.05, 0.1) is 12.5 Å². The molecule has 1 atom stereocenters. The van der Waals surface area contributed by atoms with Crippen molar-refractivity contribution >= 4 is 0 Å². The molecule has 0 amide bonds. The predicted molar refractivity (Wildman–Crippen MR) is 29.4 cm³/mol. The van der Waals surface area contributed by atoms with Crippen LogP contribution in [0.2, 0.25) is 0 Å². The van der Waals surface area contributed by atoms with Crippen LogP contribution in [0.15, 0.2) is 0 Å². The molecule has 0 saturated heterocycles. The van der Waals surface area contributed by atoms with E-state index in [1.807, 2.05) is 13.0 Å². The highest BCUT2D eigenvalue weighted by atomic mass is 14.2. The highest BCUT2D eigenvalue weighted by Gasteiger charge is 1.93. The lowest BCUT2D eigenvalue weighted by atomic mass is 10.1. The molecule has 1 unspecified atom stereocenters. The molecule has 0 aliphatic carbocycles. The number of rotatable bonds is 2. The monoisotopic (exact) mass is 96.1 g/mol. The van der Waals surface area contributed by atoms with Gasteiger partial charge < -0.3 is 0 Å². The van der Waals surface area contributed by atoms with Gasteiger partial charge in [0.15, 0.2) is 0 Å². The molecule has 0 aromatic carbocycles. The van der Waals surface area contributed by atoms with Crippen LogP contribution in [-0.4, -0.2) is 0 Å². The predicted octanol–water partition coefficient (Wildman–Crippen LogP) is 1.76. The molecule has 0 N–H and O–H groups in total. The first-order valence-electron chi connectivity index (χ1n) is 2.54. The maximum atomic E-state index is 8.06. The van der Waals surface area contributed by atoms with E-state index in [0.717, 1.165) is 6.42 Å². The van der Waals surface area contributed by atoms with E-state index in [9.17, 15) is 0 Å². The van der Waals surface area contributed by atoms with Crippen LogP contribution >= 0.6 is 0 Å². The Balaban J connectivity index is 3.03. The van der Waals surface area contributed by atoms with Gasteiger partial charge in [0.1, 0.15) is 0 Å². The SMILES string of the molecule is CCC(C)[CH]C#N. The Morgan fingerprint density at radius 1 is 1.86 bits per heavy atom. The summed E-state index contributed by atoms with van der Waals surface area (Å²) in [6.45, 7) is 4.10. The first kappa shape index (κ1) is 6.49. The van der Waals surface area contributed by atoms with Gasteiger partial charge in [-0.2, -0.15) is 5.26 Å². The summed E-state index contributed by atoms with van der Waals surface area (Å²) in [7, 11) is 0. The summed E-state index contributed by atoms with van der Waals surface area (Å²) in [6.07, 6.45) is 2.72. The average molecular weight is 96.2 g/mol. The molecule has 0 aliphatic rings. The third kappa shape index (κ3) is 3.32. The molecule has 0 rings (SSSR count). The van der Waals surface area contributed by atoms with Crippen molar-refractivity contribution in [3.05, 3.63) is 6.42 Å². The van der Waals surface area contributed by atoms with Gasteiger partial charge in [-0.25, -0.2) is 0 Å². The van der Waals surface area contributed by atoms with Crippen molar-refractivity contribution in [2.24, 2.45) is 5.92 Å². The van der Waals surface area contributed by atoms with Gasteiger partial charge in [-0.05, 0) is 5.92 Å². The number of nitriles is 1. The Labute approximate surface area is 45.0 Å². The summed E-state index contributed by atoms with van der Waals surface area (Å²) in [5, 5.41) is 8.06. The van der Waals surface area contributed by atoms with Crippen molar-refractivity contribution in [2.75, 3.05) is 0 Å². The number of nitrogens with zero attached hydrogens (tertiary/aromatic N) is 1. The maximum Gasteiger partial charge on any atom is 0.0672 e. The van der Waals surface area contributed by atoms with Crippen LogP contribution in [0.3, 0.4) is 0 Å². The van der Waals surface area contributed by atoms with E-state index in [1.54, 1.807) is 6.42 Å². The normalized spacial score (nSPS) is 12.7. The smallest absolute Gasteiger partial charge is 0.0672 e. The summed E-state index contributed by atoms with van der Waals surface area (Å²) >= 11 is 0. The van der Waals surface area contributed by atoms with Crippen molar-refractivity contribution in [1.82, 2.24) is 0 Å². The van der Waals surface area contributed by atoms with E-state index < -0.39 is 0 Å². The second kappa shape index (κ2) is 3.67. The van der Waals surface area contributed by atoms with Crippen LogP contribution in [0.25, 0.3) is 0 Å². The Morgan fingerprint density at radius 2 is 2.43 bits per heavy atom. The molecule has 0 heterocycles. The van der Waals surface area contributed by atoms with Crippen molar-refractivity contribution < 1.29 is 0 Å². The molecule has 1 nitrogen and oxygen atoms in total. The Bertz CT molecular complexity index is 70.7. The Hall–Kier alpha value is -0.510. The van der Waals surface area contributed by atoms with Crippen LogP contribution < -0.4 is 0 Å². The van der Waals surface area contributed by atoms with Gasteiger partial charge in [-0.3, -0.25) is 0 Å². The standard InChI is InChI=1S/C6H10N/c1-3-6(2)4-5-7/h4,6H,3H2,1-2H3. The lowest BCUT2D eigenvalue weighted by Gasteiger charge is -1.96. The molecule has 0 spiro atoms. The summed E-state index contributed by atoms with van der Waals surface area (Å²) in [4.78, 5) is 0. The van der Waals surface area contributed by atoms with E-state index in [2.05, 4.69) is 6.92 Å². The second-order valence-electron chi connectivity index (χ2n) is 1.68. The van der Waals surface area contributed by atoms with Crippen molar-refractivity contribution in [3.8, 4) is 6.07 Å². The minimum absolute atomic E-state index is 0.463. The lowest BCUT2D eigenvalue weighted by Crippen LogP contribution is -1.88. The molecule has 1 heteroatoms. The first-order chi connectivity index (χ1) is 3.31. The van der Waals surface area contributed by atoms with Gasteiger partial charge in [-0.1, -0.05) is 20.3 Å². The first-order valence-corrected chi connectivity index (χ1v) is 2.54. The van der Waals surface area contributed by atoms with Crippen LogP contribution in [-0.2, 0) is 0 Å². The van der Waals surface area contributed by atoms with Gasteiger partial charge in [0, 0.05) is 0 Å². The fourth-order valence-electron chi connectivity index (χ4n) is 0.245. The minimum atomic E-state index is 0.463. The fourth-order valence-corrected chi connectivity index (χ4v) is 0.245. The molecule has 0 fully saturated rings. The van der Waals surface area contributed by atoms with Gasteiger partial charge in [-0.15, -0.1) is 0 Å². The van der Waals surface area contributed by atoms with Crippen molar-refractivity contribution in [1.29, 1.82) is 5.26 Å². The molecule has 1 radical (unpaired) electrons. The molecular weight excluding hydrogens is 86.1 g/mol. The zero-order valence-electron chi connectivity index (χ0n) is 4.81. The van der Waals surface area contributed by atoms with Crippen LogP contribution in [0.1, 0.15) is 20.3 Å². The van der Waals surface area contributed by atoms with Gasteiger partial charge in [0.25, 0.3) is 0 Å². The molecule has 0 saturated carbocycles. The zero-order chi connectivity index (χ0) is 5.70. The van der Waals surface area contributed by atoms with Crippen molar-refractivity contribution in [3.63, 3.8) is 0 Å². The third-order valence-corrected chi connectivity index (χ3v) is 1.00. The number of hydrogen-bond donors (Lipinski definition) is 0. The van der Waals surface area contributed by atoms with E-state index in [1.165, 1.54) is 0 Å². The van der Waals surface area contributed by atoms with E-state index in [0.29, 0.717) is 5.92 Å². The largest absolute Gasteiger partial charge is 0.198 e. The quantitative estimate of drug-likeness (QED) is 0.514. The van der Waals surface area contributed by atoms with Crippen LogP contribution in [0.4, 0.5) is 0 Å². The number of hydrogen-bond acceptors (Lipinski definition) is 1. The lowest BCUT2D eigenvalue weighted by molar-refractivity contribution is 0.667. The maximum absolute atomic E-state index is 8.06. The molecule has 0 aliphatic heterocycles. The summed E-state index contributed by atoms with van der Waals surface area (Å²) < 4.78 is 0. The highest BCUT2D eigenvalue weighted by molar-refractivity contribution is 4.94. The summed E-state index contributed by atoms with van der Waals surface area (Å²) in [6, 6.07) is 1.99. The molecule has 0 aromatic heterocycles. The zero-order valence-corrected chi connectivity index (χ0v) is 4.81. The van der Waals surface area contributed by atoms with Crippen LogP contribution in [0.5, 0.6) is 0 Å². The van der Waals surface area contributed by atoms with Gasteiger partial charge in [0.2, 0.25) is 0 Å². The van der Waals surface area contributed by atoms with E-state index in [4.69, 9.17) is 5.26 Å². The molecule has 0 aromatic rings. The van der Waals surface area contributed by atoms with E-state index in [-0.39, 0.29) is 0 Å². The minimum Gasteiger partial charge on any atom is -0.198 e. The van der Waals surface area contributed by atoms with Gasteiger partial charge >= 0.3 is 0 Å². The van der Waals surface area contributed by atoms with Crippen LogP contribution in [0, 0.1) is 23.7 Å². The summed E-state index contributed by atoms with van der Waals surface area (Å²) in [5.74, 6) is 0.463.